The van der Waals surface area contributed by atoms with Crippen LogP contribution in [-0.2, 0) is 0 Å². The van der Waals surface area contributed by atoms with Gasteiger partial charge < -0.3 is 5.32 Å². The Morgan fingerprint density at radius 3 is 1.68 bits per heavy atom. The maximum Gasteiger partial charge on any atom is 0.275 e. The monoisotopic (exact) mass is 449 g/mol. The molecule has 0 saturated heterocycles. The molecule has 25 heavy (non-hydrogen) atoms. The van der Waals surface area contributed by atoms with Crippen LogP contribution in [0.3, 0.4) is 0 Å². The fraction of sp³-hybridized carbons (Fsp3) is 0. The summed E-state index contributed by atoms with van der Waals surface area (Å²) in [6.07, 6.45) is 3.59. The predicted molar refractivity (Wildman–Crippen MR) is 91.3 cm³/mol. The van der Waals surface area contributed by atoms with Crippen molar-refractivity contribution in [2.24, 2.45) is 0 Å². The number of carbonyl (C=O) groups excluding carboxylic acids is 1. The van der Waals surface area contributed by atoms with Gasteiger partial charge in [-0.15, -0.1) is 0 Å². The van der Waals surface area contributed by atoms with Crippen molar-refractivity contribution in [2.45, 2.75) is 24.5 Å². The van der Waals surface area contributed by atoms with Gasteiger partial charge in [0.1, 0.15) is 5.69 Å². The lowest BCUT2D eigenvalue weighted by Gasteiger charge is -2.17. The van der Waals surface area contributed by atoms with Gasteiger partial charge in [-0.25, -0.2) is 4.98 Å². The topological polar surface area (TPSA) is 54.9 Å². The average molecular weight is 449 g/mol. The third-order valence-corrected chi connectivity index (χ3v) is 6.03. The normalized spacial score (nSPS) is 10.8. The fourth-order valence-corrected chi connectivity index (χ4v) is 4.56. The molecule has 1 heterocycles. The molecule has 0 aliphatic heterocycles. The van der Waals surface area contributed by atoms with Gasteiger partial charge in [0, 0.05) is 12.4 Å². The van der Waals surface area contributed by atoms with Crippen molar-refractivity contribution < 1.29 is 24.2 Å². The molecule has 0 saturated carbocycles. The number of hydrogen-bond donors (Lipinski definition) is 1. The Kier molecular flexibility index (Phi) is 7.99. The minimum atomic E-state index is -0.913. The first-order chi connectivity index (χ1) is 12.1. The van der Waals surface area contributed by atoms with Crippen LogP contribution >= 0.6 is 60.7 Å². The first-order valence-electron chi connectivity index (χ1n) is 5.87. The summed E-state index contributed by atoms with van der Waals surface area (Å²) in [5.41, 5.74) is -0.728. The molecule has 0 aliphatic rings. The standard InChI is InChI=1S/C11H4F5N3OS5/c12-21-6-5(19-11(20)4-3-17-1-2-18-4)7(22-13)9(24-15)10(25-16)8(6)23-14/h1-3H,(H,19,20). The summed E-state index contributed by atoms with van der Waals surface area (Å²) in [6.45, 7) is 0. The number of nitrogens with one attached hydrogen (secondary N) is 1. The number of nitrogens with zero attached hydrogens (tertiary/aromatic N) is 2. The second kappa shape index (κ2) is 9.75. The lowest BCUT2D eigenvalue weighted by molar-refractivity contribution is 0.102. The quantitative estimate of drug-likeness (QED) is 0.474. The molecular formula is C11H4F5N3OS5. The Bertz CT molecular complexity index is 737. The van der Waals surface area contributed by atoms with E-state index >= 15 is 0 Å². The maximum atomic E-state index is 13.3. The molecule has 14 heteroatoms. The number of anilines is 1. The first kappa shape index (κ1) is 20.5. The Balaban J connectivity index is 2.64. The fourth-order valence-electron chi connectivity index (χ4n) is 1.70. The third-order valence-electron chi connectivity index (χ3n) is 2.70. The van der Waals surface area contributed by atoms with Crippen LogP contribution < -0.4 is 5.32 Å². The van der Waals surface area contributed by atoms with Gasteiger partial charge in [-0.05, 0) is 0 Å². The van der Waals surface area contributed by atoms with Crippen molar-refractivity contribution >= 4 is 72.3 Å². The average Bonchev–Trinajstić information content (AvgIpc) is 2.66. The van der Waals surface area contributed by atoms with Crippen LogP contribution in [0.25, 0.3) is 0 Å². The molecule has 1 aromatic heterocycles. The summed E-state index contributed by atoms with van der Waals surface area (Å²) in [5, 5.41) is 2.14. The number of aromatic nitrogens is 2. The summed E-state index contributed by atoms with van der Waals surface area (Å²) in [5.74, 6) is -0.913. The smallest absolute Gasteiger partial charge is 0.275 e. The Morgan fingerprint density at radius 2 is 1.28 bits per heavy atom. The lowest BCUT2D eigenvalue weighted by Crippen LogP contribution is -2.15. The highest BCUT2D eigenvalue weighted by Gasteiger charge is 2.29. The van der Waals surface area contributed by atoms with E-state index in [9.17, 15) is 24.2 Å². The number of halogens is 5. The molecule has 134 valence electrons. The molecule has 1 amide bonds. The van der Waals surface area contributed by atoms with E-state index in [1.54, 1.807) is 0 Å². The first-order valence-corrected chi connectivity index (χ1v) is 9.45. The highest BCUT2D eigenvalue weighted by Crippen LogP contribution is 2.54. The second-order valence-electron chi connectivity index (χ2n) is 3.95. The minimum Gasteiger partial charge on any atom is -0.318 e. The van der Waals surface area contributed by atoms with E-state index < -0.39 is 96.8 Å². The SMILES string of the molecule is O=C(Nc1c(SF)c(SF)c(SF)c(SF)c1SF)c1cnccn1. The maximum absolute atomic E-state index is 13.3. The van der Waals surface area contributed by atoms with Gasteiger partial charge in [0.2, 0.25) is 0 Å². The van der Waals surface area contributed by atoms with Crippen LogP contribution in [0.2, 0.25) is 0 Å². The Labute approximate surface area is 160 Å². The van der Waals surface area contributed by atoms with Gasteiger partial charge in [0.15, 0.2) is 0 Å². The number of benzene rings is 1. The van der Waals surface area contributed by atoms with Gasteiger partial charge in [-0.2, -0.15) is 19.4 Å². The molecule has 4 nitrogen and oxygen atoms in total. The molecule has 0 atom stereocenters. The molecule has 2 aromatic rings. The van der Waals surface area contributed by atoms with Crippen LogP contribution in [0.5, 0.6) is 0 Å². The zero-order valence-electron chi connectivity index (χ0n) is 11.5. The molecule has 1 N–H and O–H groups in total. The molecule has 0 unspecified atom stereocenters. The highest BCUT2D eigenvalue weighted by molar-refractivity contribution is 8.00. The van der Waals surface area contributed by atoms with E-state index in [-0.39, 0.29) is 5.69 Å². The number of amides is 1. The van der Waals surface area contributed by atoms with Crippen molar-refractivity contribution in [1.82, 2.24) is 9.97 Å². The number of rotatable bonds is 7. The van der Waals surface area contributed by atoms with E-state index in [0.29, 0.717) is 0 Å². The summed E-state index contributed by atoms with van der Waals surface area (Å²) in [4.78, 5) is 16.5. The van der Waals surface area contributed by atoms with Crippen molar-refractivity contribution in [3.63, 3.8) is 0 Å². The molecule has 0 fully saturated rings. The van der Waals surface area contributed by atoms with Gasteiger partial charge in [0.25, 0.3) is 5.91 Å². The molecule has 0 spiro atoms. The van der Waals surface area contributed by atoms with Gasteiger partial charge >= 0.3 is 0 Å². The van der Waals surface area contributed by atoms with Crippen LogP contribution in [0.15, 0.2) is 43.1 Å². The van der Waals surface area contributed by atoms with Crippen LogP contribution in [0.4, 0.5) is 25.1 Å². The van der Waals surface area contributed by atoms with Crippen LogP contribution in [0.1, 0.15) is 10.5 Å². The summed E-state index contributed by atoms with van der Waals surface area (Å²) >= 11 is -2.76. The van der Waals surface area contributed by atoms with Gasteiger partial charge in [-0.3, -0.25) is 9.78 Å². The zero-order chi connectivity index (χ0) is 18.4. The van der Waals surface area contributed by atoms with E-state index in [4.69, 9.17) is 0 Å². The molecule has 1 aromatic carbocycles. The second-order valence-corrected chi connectivity index (χ2v) is 6.76. The van der Waals surface area contributed by atoms with E-state index in [2.05, 4.69) is 15.3 Å². The van der Waals surface area contributed by atoms with Gasteiger partial charge in [-0.1, -0.05) is 0 Å². The summed E-state index contributed by atoms with van der Waals surface area (Å²) in [6, 6.07) is 0. The molecule has 0 radical (unpaired) electrons. The van der Waals surface area contributed by atoms with Crippen molar-refractivity contribution in [3.8, 4) is 0 Å². The van der Waals surface area contributed by atoms with E-state index in [1.807, 2.05) is 0 Å². The minimum absolute atomic E-state index is 0.194. The van der Waals surface area contributed by atoms with Gasteiger partial charge in [0.05, 0.1) is 97.1 Å². The Hall–Kier alpha value is -0.830. The highest BCUT2D eigenvalue weighted by atomic mass is 32.2. The Morgan fingerprint density at radius 1 is 0.800 bits per heavy atom. The number of hydrogen-bond acceptors (Lipinski definition) is 8. The molecule has 0 bridgehead atoms. The zero-order valence-corrected chi connectivity index (χ0v) is 15.5. The van der Waals surface area contributed by atoms with Crippen LogP contribution in [-0.4, -0.2) is 15.9 Å². The van der Waals surface area contributed by atoms with E-state index in [0.717, 1.165) is 6.20 Å². The molecular weight excluding hydrogens is 445 g/mol. The van der Waals surface area contributed by atoms with E-state index in [1.165, 1.54) is 12.4 Å². The predicted octanol–water partition coefficient (Wildman–Crippen LogP) is 6.61. The number of carbonyl (C=O) groups is 1. The molecule has 2 rings (SSSR count). The van der Waals surface area contributed by atoms with Crippen molar-refractivity contribution in [3.05, 3.63) is 24.3 Å². The summed E-state index contributed by atoms with van der Waals surface area (Å²) < 4.78 is 66.2. The lowest BCUT2D eigenvalue weighted by atomic mass is 10.3. The molecule has 0 aliphatic carbocycles. The summed E-state index contributed by atoms with van der Waals surface area (Å²) in [7, 11) is 0. The van der Waals surface area contributed by atoms with Crippen molar-refractivity contribution in [2.75, 3.05) is 5.32 Å². The largest absolute Gasteiger partial charge is 0.318 e. The van der Waals surface area contributed by atoms with Crippen LogP contribution in [0, 0.1) is 0 Å². The van der Waals surface area contributed by atoms with Crippen molar-refractivity contribution in [1.29, 1.82) is 0 Å². The third kappa shape index (κ3) is 4.30.